The van der Waals surface area contributed by atoms with Crippen molar-refractivity contribution >= 4 is 29.0 Å². The van der Waals surface area contributed by atoms with E-state index in [1.54, 1.807) is 0 Å². The molecule has 0 bridgehead atoms. The molecule has 1 aromatic heterocycles. The van der Waals surface area contributed by atoms with Gasteiger partial charge >= 0.3 is 0 Å². The Bertz CT molecular complexity index is 1170. The van der Waals surface area contributed by atoms with E-state index >= 15 is 0 Å². The molecule has 0 aliphatic carbocycles. The van der Waals surface area contributed by atoms with Gasteiger partial charge in [0.25, 0.3) is 11.6 Å². The summed E-state index contributed by atoms with van der Waals surface area (Å²) in [7, 11) is 0. The summed E-state index contributed by atoms with van der Waals surface area (Å²) in [5.41, 5.74) is 0.920. The smallest absolute Gasteiger partial charge is 0.295 e. The average Bonchev–Trinajstić information content (AvgIpc) is 2.93. The molecule has 2 aliphatic heterocycles. The number of nitrogens with one attached hydrogen (secondary N) is 2. The Labute approximate surface area is 182 Å². The van der Waals surface area contributed by atoms with E-state index in [9.17, 15) is 9.18 Å². The topological polar surface area (TPSA) is 89.0 Å². The van der Waals surface area contributed by atoms with Crippen molar-refractivity contribution in [3.05, 3.63) is 53.8 Å². The third-order valence-electron chi connectivity index (χ3n) is 5.29. The lowest BCUT2D eigenvalue weighted by molar-refractivity contribution is -0.128. The standard InChI is InChI=1S/C22H20FN5O2S/c1-2-3-6-11-31-21-25-19-18(27-28-21)14-7-4-5-8-16(14)26-22(30-19)15-12-13(23)9-10-17(15)24-20(22)29/h4-5,7-10,12,26H,2-3,6,11H2,1H3,(H,24,29)/t22-/m1/s1. The first-order valence-electron chi connectivity index (χ1n) is 10.2. The number of hydrogen-bond donors (Lipinski definition) is 2. The van der Waals surface area contributed by atoms with Crippen LogP contribution in [-0.4, -0.2) is 26.8 Å². The zero-order valence-electron chi connectivity index (χ0n) is 16.8. The van der Waals surface area contributed by atoms with Gasteiger partial charge < -0.3 is 15.4 Å². The molecule has 0 unspecified atom stereocenters. The fourth-order valence-corrected chi connectivity index (χ4v) is 4.53. The van der Waals surface area contributed by atoms with Crippen LogP contribution in [0.4, 0.5) is 15.8 Å². The third kappa shape index (κ3) is 3.38. The van der Waals surface area contributed by atoms with E-state index in [0.717, 1.165) is 25.0 Å². The minimum atomic E-state index is -1.67. The maximum atomic E-state index is 14.1. The zero-order chi connectivity index (χ0) is 21.4. The Balaban J connectivity index is 1.62. The van der Waals surface area contributed by atoms with E-state index in [-0.39, 0.29) is 5.88 Å². The summed E-state index contributed by atoms with van der Waals surface area (Å²) in [6.07, 6.45) is 3.31. The van der Waals surface area contributed by atoms with E-state index in [1.165, 1.54) is 30.0 Å². The quantitative estimate of drug-likeness (QED) is 0.446. The lowest BCUT2D eigenvalue weighted by Gasteiger charge is -2.28. The van der Waals surface area contributed by atoms with Gasteiger partial charge in [0.2, 0.25) is 11.0 Å². The summed E-state index contributed by atoms with van der Waals surface area (Å²) in [6.45, 7) is 2.15. The molecule has 0 saturated carbocycles. The Morgan fingerprint density at radius 2 is 2.00 bits per heavy atom. The van der Waals surface area contributed by atoms with Gasteiger partial charge in [0.05, 0.1) is 11.3 Å². The zero-order valence-corrected chi connectivity index (χ0v) is 17.6. The predicted octanol–water partition coefficient (Wildman–Crippen LogP) is 4.57. The van der Waals surface area contributed by atoms with Crippen LogP contribution in [0, 0.1) is 5.82 Å². The summed E-state index contributed by atoms with van der Waals surface area (Å²) in [5.74, 6) is 0.123. The fraction of sp³-hybridized carbons (Fsp3) is 0.273. The highest BCUT2D eigenvalue weighted by molar-refractivity contribution is 7.99. The molecule has 1 spiro atoms. The van der Waals surface area contributed by atoms with Crippen molar-refractivity contribution in [2.75, 3.05) is 16.4 Å². The SMILES string of the molecule is CCCCCSc1nnc2c(n1)O[C@@]1(Nc3ccccc3-2)C(=O)Nc2ccc(F)cc21. The monoisotopic (exact) mass is 437 g/mol. The van der Waals surface area contributed by atoms with Crippen LogP contribution in [0.2, 0.25) is 0 Å². The van der Waals surface area contributed by atoms with Crippen molar-refractivity contribution in [1.82, 2.24) is 15.2 Å². The molecule has 1 amide bonds. The molecule has 3 aromatic rings. The van der Waals surface area contributed by atoms with Crippen LogP contribution in [0.25, 0.3) is 11.3 Å². The molecule has 1 atom stereocenters. The van der Waals surface area contributed by atoms with E-state index < -0.39 is 17.4 Å². The first kappa shape index (κ1) is 19.7. The van der Waals surface area contributed by atoms with E-state index in [2.05, 4.69) is 32.7 Å². The van der Waals surface area contributed by atoms with Crippen molar-refractivity contribution < 1.29 is 13.9 Å². The number of ether oxygens (including phenoxy) is 1. The van der Waals surface area contributed by atoms with Gasteiger partial charge in [-0.05, 0) is 30.7 Å². The van der Waals surface area contributed by atoms with E-state index in [0.29, 0.717) is 33.4 Å². The van der Waals surface area contributed by atoms with Crippen molar-refractivity contribution in [2.24, 2.45) is 0 Å². The van der Waals surface area contributed by atoms with Gasteiger partial charge in [0, 0.05) is 17.0 Å². The first-order chi connectivity index (χ1) is 15.1. The molecule has 2 N–H and O–H groups in total. The summed E-state index contributed by atoms with van der Waals surface area (Å²) in [5, 5.41) is 15.1. The number of thioether (sulfide) groups is 1. The largest absolute Gasteiger partial charge is 0.435 e. The van der Waals surface area contributed by atoms with Crippen molar-refractivity contribution in [3.63, 3.8) is 0 Å². The Hall–Kier alpha value is -3.20. The van der Waals surface area contributed by atoms with Crippen LogP contribution in [0.3, 0.4) is 0 Å². The number of aromatic nitrogens is 3. The molecule has 9 heteroatoms. The Kier molecular flexibility index (Phi) is 4.97. The highest BCUT2D eigenvalue weighted by Gasteiger charge is 2.52. The second-order valence-electron chi connectivity index (χ2n) is 7.40. The first-order valence-corrected chi connectivity index (χ1v) is 11.1. The molecule has 158 valence electrons. The highest BCUT2D eigenvalue weighted by atomic mass is 32.2. The molecule has 0 fully saturated rings. The van der Waals surface area contributed by atoms with Gasteiger partial charge in [-0.25, -0.2) is 4.39 Å². The third-order valence-corrected chi connectivity index (χ3v) is 6.21. The van der Waals surface area contributed by atoms with Crippen molar-refractivity contribution in [3.8, 4) is 17.1 Å². The normalized spacial score (nSPS) is 18.3. The van der Waals surface area contributed by atoms with Gasteiger partial charge in [-0.2, -0.15) is 4.98 Å². The van der Waals surface area contributed by atoms with Crippen LogP contribution in [0.1, 0.15) is 31.7 Å². The lowest BCUT2D eigenvalue weighted by Crippen LogP contribution is -2.47. The predicted molar refractivity (Wildman–Crippen MR) is 116 cm³/mol. The van der Waals surface area contributed by atoms with Gasteiger partial charge in [-0.3, -0.25) is 4.79 Å². The van der Waals surface area contributed by atoms with Gasteiger partial charge in [0.15, 0.2) is 5.69 Å². The summed E-state index contributed by atoms with van der Waals surface area (Å²) in [4.78, 5) is 17.7. The summed E-state index contributed by atoms with van der Waals surface area (Å²) < 4.78 is 20.4. The molecule has 0 saturated heterocycles. The number of halogens is 1. The van der Waals surface area contributed by atoms with Crippen LogP contribution in [0.5, 0.6) is 5.88 Å². The minimum absolute atomic E-state index is 0.178. The van der Waals surface area contributed by atoms with Crippen molar-refractivity contribution in [2.45, 2.75) is 37.1 Å². The van der Waals surface area contributed by atoms with Crippen LogP contribution >= 0.6 is 11.8 Å². The molecule has 31 heavy (non-hydrogen) atoms. The number of hydrogen-bond acceptors (Lipinski definition) is 7. The summed E-state index contributed by atoms with van der Waals surface area (Å²) >= 11 is 1.50. The summed E-state index contributed by atoms with van der Waals surface area (Å²) in [6, 6.07) is 11.5. The Morgan fingerprint density at radius 3 is 2.87 bits per heavy atom. The molecule has 5 rings (SSSR count). The number of unbranched alkanes of at least 4 members (excludes halogenated alkanes) is 2. The van der Waals surface area contributed by atoms with Gasteiger partial charge in [-0.15, -0.1) is 10.2 Å². The maximum Gasteiger partial charge on any atom is 0.295 e. The number of benzene rings is 2. The maximum absolute atomic E-state index is 14.1. The fourth-order valence-electron chi connectivity index (χ4n) is 3.75. The molecular formula is C22H20FN5O2S. The molecule has 2 aliphatic rings. The molecule has 3 heterocycles. The van der Waals surface area contributed by atoms with Gasteiger partial charge in [0.1, 0.15) is 5.82 Å². The average molecular weight is 438 g/mol. The number of nitrogens with zero attached hydrogens (tertiary/aromatic N) is 3. The number of carbonyl (C=O) groups excluding carboxylic acids is 1. The number of para-hydroxylation sites is 1. The second-order valence-corrected chi connectivity index (χ2v) is 8.46. The van der Waals surface area contributed by atoms with E-state index in [1.807, 2.05) is 24.3 Å². The number of fused-ring (bicyclic) bond motifs is 5. The number of anilines is 2. The molecular weight excluding hydrogens is 417 g/mol. The van der Waals surface area contributed by atoms with Crippen LogP contribution in [0.15, 0.2) is 47.6 Å². The van der Waals surface area contributed by atoms with Gasteiger partial charge in [-0.1, -0.05) is 49.7 Å². The highest BCUT2D eigenvalue weighted by Crippen LogP contribution is 2.46. The number of carbonyl (C=O) groups is 1. The van der Waals surface area contributed by atoms with Crippen LogP contribution in [-0.2, 0) is 10.5 Å². The second kappa shape index (κ2) is 7.81. The molecule has 2 aromatic carbocycles. The minimum Gasteiger partial charge on any atom is -0.435 e. The van der Waals surface area contributed by atoms with Crippen molar-refractivity contribution in [1.29, 1.82) is 0 Å². The number of amides is 1. The molecule has 7 nitrogen and oxygen atoms in total. The Morgan fingerprint density at radius 1 is 1.13 bits per heavy atom. The van der Waals surface area contributed by atoms with E-state index in [4.69, 9.17) is 4.74 Å². The number of rotatable bonds is 5. The lowest BCUT2D eigenvalue weighted by atomic mass is 10.0. The van der Waals surface area contributed by atoms with Crippen LogP contribution < -0.4 is 15.4 Å². The molecule has 0 radical (unpaired) electrons.